The Morgan fingerprint density at radius 2 is 1.92 bits per heavy atom. The van der Waals surface area contributed by atoms with E-state index in [0.29, 0.717) is 16.7 Å². The average Bonchev–Trinajstić information content (AvgIpc) is 3.23. The molecule has 0 saturated heterocycles. The average molecular weight is 519 g/mol. The topological polar surface area (TPSA) is 71.3 Å². The van der Waals surface area contributed by atoms with E-state index in [4.69, 9.17) is 16.1 Å². The zero-order valence-electron chi connectivity index (χ0n) is 21.5. The van der Waals surface area contributed by atoms with Crippen molar-refractivity contribution in [3.05, 3.63) is 76.1 Å². The van der Waals surface area contributed by atoms with Gasteiger partial charge < -0.3 is 14.7 Å². The first-order chi connectivity index (χ1) is 18.0. The van der Waals surface area contributed by atoms with E-state index in [1.807, 2.05) is 37.3 Å². The van der Waals surface area contributed by atoms with Crippen LogP contribution in [0.2, 0.25) is 5.02 Å². The lowest BCUT2D eigenvalue weighted by Gasteiger charge is -2.30. The van der Waals surface area contributed by atoms with Crippen molar-refractivity contribution in [2.45, 2.75) is 57.9 Å². The van der Waals surface area contributed by atoms with Crippen LogP contribution in [0.1, 0.15) is 54.6 Å². The van der Waals surface area contributed by atoms with Gasteiger partial charge in [-0.05, 0) is 111 Å². The molecule has 37 heavy (non-hydrogen) atoms. The molecule has 0 unspecified atom stereocenters. The van der Waals surface area contributed by atoms with Crippen LogP contribution in [-0.4, -0.2) is 46.6 Å². The predicted molar refractivity (Wildman–Crippen MR) is 147 cm³/mol. The number of hydrogen-bond donors (Lipinski definition) is 1. The zero-order valence-corrected chi connectivity index (χ0v) is 22.2. The first-order valence-electron chi connectivity index (χ1n) is 13.4. The molecule has 194 valence electrons. The molecular weight excluding hydrogens is 484 g/mol. The molecule has 1 saturated carbocycles. The van der Waals surface area contributed by atoms with Crippen LogP contribution < -0.4 is 5.32 Å². The van der Waals surface area contributed by atoms with Crippen LogP contribution >= 0.6 is 11.6 Å². The van der Waals surface area contributed by atoms with E-state index in [9.17, 15) is 4.79 Å². The van der Waals surface area contributed by atoms with Crippen LogP contribution in [0.3, 0.4) is 0 Å². The van der Waals surface area contributed by atoms with E-state index in [0.717, 1.165) is 62.4 Å². The SMILES string of the molecule is Cc1noc(-c2ccc3c(c2)CCN(CCC2CCC(NC(=O)/C=C/c4cccc(Cl)c4)CC2)CC3)n1. The minimum atomic E-state index is -0.0232. The second-order valence-corrected chi connectivity index (χ2v) is 10.8. The lowest BCUT2D eigenvalue weighted by atomic mass is 9.84. The summed E-state index contributed by atoms with van der Waals surface area (Å²) in [7, 11) is 0. The smallest absolute Gasteiger partial charge is 0.257 e. The van der Waals surface area contributed by atoms with Crippen LogP contribution in [0.4, 0.5) is 0 Å². The third-order valence-electron chi connectivity index (χ3n) is 7.70. The monoisotopic (exact) mass is 518 g/mol. The van der Waals surface area contributed by atoms with Gasteiger partial charge in [0.2, 0.25) is 5.91 Å². The Labute approximate surface area is 224 Å². The largest absolute Gasteiger partial charge is 0.350 e. The van der Waals surface area contributed by atoms with Gasteiger partial charge in [0.15, 0.2) is 5.82 Å². The van der Waals surface area contributed by atoms with E-state index in [1.54, 1.807) is 6.08 Å². The number of carbonyl (C=O) groups excluding carboxylic acids is 1. The van der Waals surface area contributed by atoms with Crippen molar-refractivity contribution in [1.29, 1.82) is 0 Å². The van der Waals surface area contributed by atoms with Gasteiger partial charge in [-0.25, -0.2) is 0 Å². The van der Waals surface area contributed by atoms with E-state index in [2.05, 4.69) is 38.6 Å². The summed E-state index contributed by atoms with van der Waals surface area (Å²) in [6, 6.07) is 14.4. The predicted octanol–water partition coefficient (Wildman–Crippen LogP) is 5.88. The first kappa shape index (κ1) is 25.7. The quantitative estimate of drug-likeness (QED) is 0.395. The number of aromatic nitrogens is 2. The molecule has 0 bridgehead atoms. The molecular formula is C30H35ClN4O2. The highest BCUT2D eigenvalue weighted by atomic mass is 35.5. The molecule has 0 atom stereocenters. The third kappa shape index (κ3) is 7.08. The van der Waals surface area contributed by atoms with Crippen molar-refractivity contribution in [2.75, 3.05) is 19.6 Å². The van der Waals surface area contributed by atoms with Crippen molar-refractivity contribution in [3.8, 4) is 11.5 Å². The number of nitrogens with zero attached hydrogens (tertiary/aromatic N) is 3. The number of aryl methyl sites for hydroxylation is 1. The summed E-state index contributed by atoms with van der Waals surface area (Å²) < 4.78 is 5.36. The second kappa shape index (κ2) is 12.1. The fourth-order valence-electron chi connectivity index (χ4n) is 5.53. The summed E-state index contributed by atoms with van der Waals surface area (Å²) in [6.45, 7) is 5.19. The Kier molecular flexibility index (Phi) is 8.37. The molecule has 1 fully saturated rings. The molecule has 1 amide bonds. The van der Waals surface area contributed by atoms with Crippen LogP contribution in [0, 0.1) is 12.8 Å². The lowest BCUT2D eigenvalue weighted by molar-refractivity contribution is -0.117. The number of hydrogen-bond acceptors (Lipinski definition) is 5. The summed E-state index contributed by atoms with van der Waals surface area (Å²) in [4.78, 5) is 19.4. The Bertz CT molecular complexity index is 1250. The summed E-state index contributed by atoms with van der Waals surface area (Å²) in [5.74, 6) is 1.99. The Hall–Kier alpha value is -2.96. The van der Waals surface area contributed by atoms with E-state index >= 15 is 0 Å². The van der Waals surface area contributed by atoms with Crippen molar-refractivity contribution in [1.82, 2.24) is 20.4 Å². The Morgan fingerprint density at radius 3 is 2.68 bits per heavy atom. The fraction of sp³-hybridized carbons (Fsp3) is 0.433. The molecule has 1 aliphatic carbocycles. The standard InChI is InChI=1S/C30H35ClN4O2/c1-21-32-30(37-34-21)26-9-8-24-14-17-35(18-15-25(24)20-26)16-13-22-5-10-28(11-6-22)33-29(36)12-7-23-3-2-4-27(31)19-23/h2-4,7-9,12,19-20,22,28H,5-6,10-11,13-18H2,1H3,(H,33,36)/b12-7+. The minimum Gasteiger partial charge on any atom is -0.350 e. The van der Waals surface area contributed by atoms with Gasteiger partial charge in [0, 0.05) is 35.8 Å². The maximum atomic E-state index is 12.4. The van der Waals surface area contributed by atoms with E-state index < -0.39 is 0 Å². The van der Waals surface area contributed by atoms with Crippen molar-refractivity contribution >= 4 is 23.6 Å². The minimum absolute atomic E-state index is 0.0232. The molecule has 2 aromatic carbocycles. The molecule has 6 nitrogen and oxygen atoms in total. The molecule has 1 aliphatic heterocycles. The molecule has 2 aliphatic rings. The van der Waals surface area contributed by atoms with Crippen LogP contribution in [0.15, 0.2) is 53.1 Å². The molecule has 0 spiro atoms. The van der Waals surface area contributed by atoms with Gasteiger partial charge in [-0.2, -0.15) is 4.98 Å². The van der Waals surface area contributed by atoms with Crippen LogP contribution in [0.5, 0.6) is 0 Å². The molecule has 5 rings (SSSR count). The summed E-state index contributed by atoms with van der Waals surface area (Å²) in [5, 5.41) is 7.78. The normalized spacial score (nSPS) is 20.5. The maximum Gasteiger partial charge on any atom is 0.257 e. The van der Waals surface area contributed by atoms with Gasteiger partial charge >= 0.3 is 0 Å². The van der Waals surface area contributed by atoms with E-state index in [-0.39, 0.29) is 11.9 Å². The second-order valence-electron chi connectivity index (χ2n) is 10.4. The summed E-state index contributed by atoms with van der Waals surface area (Å²) in [6.07, 6.45) is 11.3. The van der Waals surface area contributed by atoms with Gasteiger partial charge in [0.25, 0.3) is 5.89 Å². The number of amides is 1. The molecule has 3 aromatic rings. The van der Waals surface area contributed by atoms with E-state index in [1.165, 1.54) is 30.4 Å². The van der Waals surface area contributed by atoms with Crippen molar-refractivity contribution in [2.24, 2.45) is 5.92 Å². The molecule has 1 N–H and O–H groups in total. The fourth-order valence-corrected chi connectivity index (χ4v) is 5.73. The van der Waals surface area contributed by atoms with Gasteiger partial charge in [0.05, 0.1) is 0 Å². The van der Waals surface area contributed by atoms with Crippen molar-refractivity contribution in [3.63, 3.8) is 0 Å². The number of carbonyl (C=O) groups is 1. The van der Waals surface area contributed by atoms with Gasteiger partial charge in [-0.3, -0.25) is 4.79 Å². The van der Waals surface area contributed by atoms with Gasteiger partial charge in [-0.15, -0.1) is 0 Å². The van der Waals surface area contributed by atoms with Crippen LogP contribution in [0.25, 0.3) is 17.5 Å². The first-order valence-corrected chi connectivity index (χ1v) is 13.8. The number of rotatable bonds is 7. The van der Waals surface area contributed by atoms with Gasteiger partial charge in [-0.1, -0.05) is 35.0 Å². The number of fused-ring (bicyclic) bond motifs is 1. The lowest BCUT2D eigenvalue weighted by Crippen LogP contribution is -2.37. The Balaban J connectivity index is 1.04. The summed E-state index contributed by atoms with van der Waals surface area (Å²) >= 11 is 6.02. The van der Waals surface area contributed by atoms with Crippen LogP contribution in [-0.2, 0) is 17.6 Å². The zero-order chi connectivity index (χ0) is 25.6. The highest BCUT2D eigenvalue weighted by Gasteiger charge is 2.23. The van der Waals surface area contributed by atoms with Crippen molar-refractivity contribution < 1.29 is 9.32 Å². The molecule has 2 heterocycles. The van der Waals surface area contributed by atoms with Gasteiger partial charge in [0.1, 0.15) is 0 Å². The highest BCUT2D eigenvalue weighted by Crippen LogP contribution is 2.28. The molecule has 7 heteroatoms. The Morgan fingerprint density at radius 1 is 1.11 bits per heavy atom. The number of nitrogens with one attached hydrogen (secondary N) is 1. The molecule has 1 aromatic heterocycles. The number of benzene rings is 2. The summed E-state index contributed by atoms with van der Waals surface area (Å²) in [5.41, 5.74) is 4.78. The third-order valence-corrected chi connectivity index (χ3v) is 7.93. The number of halogens is 1. The highest BCUT2D eigenvalue weighted by molar-refractivity contribution is 6.30. The molecule has 0 radical (unpaired) electrons. The maximum absolute atomic E-state index is 12.4.